The predicted octanol–water partition coefficient (Wildman–Crippen LogP) is 0.560. The topological polar surface area (TPSA) is 89.9 Å². The lowest BCUT2D eigenvalue weighted by molar-refractivity contribution is -0.174. The number of rotatable bonds is 7. The van der Waals surface area contributed by atoms with Crippen molar-refractivity contribution < 1.29 is 29.0 Å². The maximum Gasteiger partial charge on any atom is 0.355 e. The van der Waals surface area contributed by atoms with E-state index in [1.54, 1.807) is 0 Å². The summed E-state index contributed by atoms with van der Waals surface area (Å²) in [6, 6.07) is 0. The Balaban J connectivity index is 4.28. The normalized spacial score (nSPS) is 11.7. The first-order valence-electron chi connectivity index (χ1n) is 5.53. The molecule has 0 aliphatic carbocycles. The molecule has 0 bridgehead atoms. The van der Waals surface area contributed by atoms with Crippen molar-refractivity contribution in [1.29, 1.82) is 0 Å². The number of aliphatic hydroxyl groups is 1. The van der Waals surface area contributed by atoms with E-state index >= 15 is 0 Å². The third-order valence-electron chi connectivity index (χ3n) is 1.98. The molecule has 98 valence electrons. The summed E-state index contributed by atoms with van der Waals surface area (Å²) in [5.41, 5.74) is 0. The molecule has 17 heavy (non-hydrogen) atoms. The average molecular weight is 246 g/mol. The molecule has 0 aromatic rings. The van der Waals surface area contributed by atoms with Crippen molar-refractivity contribution in [1.82, 2.24) is 0 Å². The molecule has 0 amide bonds. The van der Waals surface area contributed by atoms with Crippen LogP contribution in [0.1, 0.15) is 39.5 Å². The van der Waals surface area contributed by atoms with Crippen LogP contribution in [0.4, 0.5) is 0 Å². The summed E-state index contributed by atoms with van der Waals surface area (Å²) < 4.78 is 9.04. The number of carbonyl (C=O) groups excluding carboxylic acids is 3. The van der Waals surface area contributed by atoms with Gasteiger partial charge in [-0.05, 0) is 12.8 Å². The van der Waals surface area contributed by atoms with Gasteiger partial charge in [0.15, 0.2) is 6.10 Å². The summed E-state index contributed by atoms with van der Waals surface area (Å²) in [7, 11) is 0. The molecule has 0 aliphatic heterocycles. The van der Waals surface area contributed by atoms with Crippen LogP contribution in [0.3, 0.4) is 0 Å². The lowest BCUT2D eigenvalue weighted by Crippen LogP contribution is -2.31. The Labute approximate surface area is 99.9 Å². The SMILES string of the molecule is CCCCCC(OC(C)=O)C(=O)OC(=O)CO. The van der Waals surface area contributed by atoms with Crippen molar-refractivity contribution >= 4 is 17.9 Å². The fourth-order valence-electron chi connectivity index (χ4n) is 1.22. The number of esters is 3. The summed E-state index contributed by atoms with van der Waals surface area (Å²) in [6.07, 6.45) is 1.77. The molecule has 1 unspecified atom stereocenters. The highest BCUT2D eigenvalue weighted by atomic mass is 16.6. The maximum atomic E-state index is 11.4. The molecule has 0 saturated heterocycles. The summed E-state index contributed by atoms with van der Waals surface area (Å²) >= 11 is 0. The second kappa shape index (κ2) is 8.69. The Morgan fingerprint density at radius 2 is 1.88 bits per heavy atom. The van der Waals surface area contributed by atoms with Crippen LogP contribution < -0.4 is 0 Å². The highest BCUT2D eigenvalue weighted by Gasteiger charge is 2.24. The fourth-order valence-corrected chi connectivity index (χ4v) is 1.22. The van der Waals surface area contributed by atoms with Gasteiger partial charge in [-0.25, -0.2) is 9.59 Å². The molecule has 0 heterocycles. The molecule has 0 rings (SSSR count). The summed E-state index contributed by atoms with van der Waals surface area (Å²) in [5, 5.41) is 8.43. The molecule has 6 nitrogen and oxygen atoms in total. The first-order valence-corrected chi connectivity index (χ1v) is 5.53. The van der Waals surface area contributed by atoms with Crippen molar-refractivity contribution in [3.63, 3.8) is 0 Å². The smallest absolute Gasteiger partial charge is 0.355 e. The summed E-state index contributed by atoms with van der Waals surface area (Å²) in [6.45, 7) is 2.29. The number of hydrogen-bond acceptors (Lipinski definition) is 6. The molecule has 6 heteroatoms. The Hall–Kier alpha value is -1.43. The van der Waals surface area contributed by atoms with Gasteiger partial charge in [0.2, 0.25) is 0 Å². The number of ether oxygens (including phenoxy) is 2. The molecule has 0 aliphatic rings. The predicted molar refractivity (Wildman–Crippen MR) is 57.9 cm³/mol. The fraction of sp³-hybridized carbons (Fsp3) is 0.727. The van der Waals surface area contributed by atoms with Crippen LogP contribution in [0.25, 0.3) is 0 Å². The van der Waals surface area contributed by atoms with Crippen LogP contribution in [0.15, 0.2) is 0 Å². The zero-order valence-electron chi connectivity index (χ0n) is 10.1. The van der Waals surface area contributed by atoms with Gasteiger partial charge in [-0.3, -0.25) is 4.79 Å². The first kappa shape index (κ1) is 15.6. The van der Waals surface area contributed by atoms with E-state index in [9.17, 15) is 14.4 Å². The average Bonchev–Trinajstić information content (AvgIpc) is 2.27. The minimum atomic E-state index is -1.07. The van der Waals surface area contributed by atoms with Crippen LogP contribution in [0, 0.1) is 0 Å². The molecule has 0 fully saturated rings. The van der Waals surface area contributed by atoms with Gasteiger partial charge in [0.25, 0.3) is 0 Å². The Kier molecular flexibility index (Phi) is 7.96. The van der Waals surface area contributed by atoms with E-state index in [1.807, 2.05) is 6.92 Å². The van der Waals surface area contributed by atoms with Crippen molar-refractivity contribution in [2.75, 3.05) is 6.61 Å². The Morgan fingerprint density at radius 1 is 1.24 bits per heavy atom. The van der Waals surface area contributed by atoms with E-state index in [2.05, 4.69) is 4.74 Å². The van der Waals surface area contributed by atoms with E-state index in [1.165, 1.54) is 6.92 Å². The van der Waals surface area contributed by atoms with Gasteiger partial charge < -0.3 is 14.6 Å². The molecule has 1 N–H and O–H groups in total. The van der Waals surface area contributed by atoms with Crippen LogP contribution in [0.2, 0.25) is 0 Å². The van der Waals surface area contributed by atoms with Gasteiger partial charge in [0, 0.05) is 6.92 Å². The highest BCUT2D eigenvalue weighted by molar-refractivity contribution is 5.89. The second-order valence-corrected chi connectivity index (χ2v) is 3.55. The van der Waals surface area contributed by atoms with E-state index in [-0.39, 0.29) is 0 Å². The number of carbonyl (C=O) groups is 3. The van der Waals surface area contributed by atoms with Crippen LogP contribution >= 0.6 is 0 Å². The summed E-state index contributed by atoms with van der Waals surface area (Å²) in [4.78, 5) is 32.9. The zero-order chi connectivity index (χ0) is 13.3. The molecular weight excluding hydrogens is 228 g/mol. The third kappa shape index (κ3) is 7.46. The van der Waals surface area contributed by atoms with E-state index in [0.29, 0.717) is 12.8 Å². The highest BCUT2D eigenvalue weighted by Crippen LogP contribution is 2.09. The van der Waals surface area contributed by atoms with Crippen LogP contribution in [0.5, 0.6) is 0 Å². The monoisotopic (exact) mass is 246 g/mol. The number of aliphatic hydroxyl groups excluding tert-OH is 1. The largest absolute Gasteiger partial charge is 0.451 e. The van der Waals surface area contributed by atoms with Gasteiger partial charge in [0.05, 0.1) is 0 Å². The Bertz CT molecular complexity index is 273. The second-order valence-electron chi connectivity index (χ2n) is 3.55. The van der Waals surface area contributed by atoms with Crippen molar-refractivity contribution in [2.45, 2.75) is 45.6 Å². The molecule has 0 spiro atoms. The van der Waals surface area contributed by atoms with Gasteiger partial charge >= 0.3 is 17.9 Å². The lowest BCUT2D eigenvalue weighted by atomic mass is 10.1. The number of unbranched alkanes of at least 4 members (excludes halogenated alkanes) is 2. The lowest BCUT2D eigenvalue weighted by Gasteiger charge is -2.14. The van der Waals surface area contributed by atoms with Gasteiger partial charge in [-0.15, -0.1) is 0 Å². The standard InChI is InChI=1S/C11H18O6/c1-3-4-5-6-9(16-8(2)13)11(15)17-10(14)7-12/h9,12H,3-7H2,1-2H3. The summed E-state index contributed by atoms with van der Waals surface area (Å²) in [5.74, 6) is -2.60. The minimum Gasteiger partial charge on any atom is -0.451 e. The van der Waals surface area contributed by atoms with E-state index in [0.717, 1.165) is 12.8 Å². The Morgan fingerprint density at radius 3 is 2.35 bits per heavy atom. The molecule has 0 aromatic heterocycles. The van der Waals surface area contributed by atoms with Crippen molar-refractivity contribution in [3.05, 3.63) is 0 Å². The third-order valence-corrected chi connectivity index (χ3v) is 1.98. The van der Waals surface area contributed by atoms with Crippen molar-refractivity contribution in [2.24, 2.45) is 0 Å². The zero-order valence-corrected chi connectivity index (χ0v) is 10.1. The molecule has 0 radical (unpaired) electrons. The minimum absolute atomic E-state index is 0.310. The molecule has 1 atom stereocenters. The van der Waals surface area contributed by atoms with Crippen molar-refractivity contribution in [3.8, 4) is 0 Å². The number of hydrogen-bond donors (Lipinski definition) is 1. The maximum absolute atomic E-state index is 11.4. The van der Waals surface area contributed by atoms with Gasteiger partial charge in [0.1, 0.15) is 6.61 Å². The molecular formula is C11H18O6. The van der Waals surface area contributed by atoms with E-state index < -0.39 is 30.6 Å². The first-order chi connectivity index (χ1) is 8.01. The van der Waals surface area contributed by atoms with Crippen LogP contribution in [-0.2, 0) is 23.9 Å². The van der Waals surface area contributed by atoms with Gasteiger partial charge in [-0.2, -0.15) is 0 Å². The molecule has 0 saturated carbocycles. The van der Waals surface area contributed by atoms with E-state index in [4.69, 9.17) is 9.84 Å². The quantitative estimate of drug-likeness (QED) is 0.401. The van der Waals surface area contributed by atoms with Gasteiger partial charge in [-0.1, -0.05) is 19.8 Å². The van der Waals surface area contributed by atoms with Crippen LogP contribution in [-0.4, -0.2) is 35.7 Å². The molecule has 0 aromatic carbocycles.